The van der Waals surface area contributed by atoms with Gasteiger partial charge in [0, 0.05) is 39.2 Å². The van der Waals surface area contributed by atoms with Crippen molar-refractivity contribution in [1.82, 2.24) is 24.8 Å². The third-order valence-electron chi connectivity index (χ3n) is 5.54. The standard InChI is InChI=1S/C22H26N6O2S/c1-13-24-17-8-7-15(10-19(17)31-13)22(30)28-9-5-6-18(28)21-25-16(11-20(23-3)26-21)12-27(4)14(2)29/h7-8,10-11,18H,5-6,9,12H2,1-4H3,(H,23,25,26)/t18-/m0/s1. The van der Waals surface area contributed by atoms with Crippen LogP contribution in [0.2, 0.25) is 0 Å². The Bertz CT molecular complexity index is 1140. The maximum absolute atomic E-state index is 13.4. The van der Waals surface area contributed by atoms with Crippen LogP contribution in [0.1, 0.15) is 52.7 Å². The summed E-state index contributed by atoms with van der Waals surface area (Å²) in [4.78, 5) is 42.3. The molecule has 31 heavy (non-hydrogen) atoms. The van der Waals surface area contributed by atoms with Gasteiger partial charge in [-0.1, -0.05) is 0 Å². The molecule has 1 aliphatic rings. The highest BCUT2D eigenvalue weighted by molar-refractivity contribution is 7.18. The van der Waals surface area contributed by atoms with Crippen LogP contribution in [0.3, 0.4) is 0 Å². The van der Waals surface area contributed by atoms with Gasteiger partial charge in [0.15, 0.2) is 5.82 Å². The van der Waals surface area contributed by atoms with Crippen molar-refractivity contribution in [3.63, 3.8) is 0 Å². The van der Waals surface area contributed by atoms with Gasteiger partial charge in [-0.15, -0.1) is 11.3 Å². The van der Waals surface area contributed by atoms with E-state index in [9.17, 15) is 9.59 Å². The van der Waals surface area contributed by atoms with Crippen molar-refractivity contribution in [1.29, 1.82) is 0 Å². The molecule has 0 radical (unpaired) electrons. The van der Waals surface area contributed by atoms with Gasteiger partial charge >= 0.3 is 0 Å². The largest absolute Gasteiger partial charge is 0.373 e. The van der Waals surface area contributed by atoms with Crippen LogP contribution in [-0.4, -0.2) is 57.2 Å². The number of hydrogen-bond donors (Lipinski definition) is 1. The zero-order chi connectivity index (χ0) is 22.1. The van der Waals surface area contributed by atoms with Gasteiger partial charge < -0.3 is 15.1 Å². The molecule has 0 unspecified atom stereocenters. The summed E-state index contributed by atoms with van der Waals surface area (Å²) in [6.45, 7) is 4.55. The number of anilines is 1. The topological polar surface area (TPSA) is 91.3 Å². The van der Waals surface area contributed by atoms with Gasteiger partial charge in [-0.2, -0.15) is 0 Å². The summed E-state index contributed by atoms with van der Waals surface area (Å²) >= 11 is 1.59. The van der Waals surface area contributed by atoms with Gasteiger partial charge in [-0.3, -0.25) is 9.59 Å². The van der Waals surface area contributed by atoms with Crippen molar-refractivity contribution in [2.75, 3.05) is 26.0 Å². The van der Waals surface area contributed by atoms with E-state index < -0.39 is 0 Å². The lowest BCUT2D eigenvalue weighted by atomic mass is 10.1. The molecule has 2 amide bonds. The fourth-order valence-electron chi connectivity index (χ4n) is 3.85. The molecule has 1 atom stereocenters. The lowest BCUT2D eigenvalue weighted by Gasteiger charge is -2.25. The van der Waals surface area contributed by atoms with Gasteiger partial charge in [0.25, 0.3) is 5.91 Å². The van der Waals surface area contributed by atoms with Gasteiger partial charge in [-0.05, 0) is 38.0 Å². The Hall–Kier alpha value is -3.07. The first-order chi connectivity index (χ1) is 14.9. The fraction of sp³-hybridized carbons (Fsp3) is 0.409. The van der Waals surface area contributed by atoms with Crippen LogP contribution >= 0.6 is 11.3 Å². The average molecular weight is 439 g/mol. The van der Waals surface area contributed by atoms with Crippen LogP contribution in [0.4, 0.5) is 5.82 Å². The normalized spacial score (nSPS) is 16.0. The smallest absolute Gasteiger partial charge is 0.254 e. The summed E-state index contributed by atoms with van der Waals surface area (Å²) in [5.41, 5.74) is 2.32. The number of aryl methyl sites for hydroxylation is 1. The molecule has 1 aromatic carbocycles. The number of fused-ring (bicyclic) bond motifs is 1. The summed E-state index contributed by atoms with van der Waals surface area (Å²) in [6, 6.07) is 7.32. The van der Waals surface area contributed by atoms with Crippen LogP contribution in [0.25, 0.3) is 10.2 Å². The summed E-state index contributed by atoms with van der Waals surface area (Å²) in [6.07, 6.45) is 1.71. The second-order valence-electron chi connectivity index (χ2n) is 7.80. The van der Waals surface area contributed by atoms with E-state index in [2.05, 4.69) is 15.3 Å². The van der Waals surface area contributed by atoms with E-state index in [1.165, 1.54) is 6.92 Å². The van der Waals surface area contributed by atoms with Crippen LogP contribution in [0.15, 0.2) is 24.3 Å². The van der Waals surface area contributed by atoms with E-state index >= 15 is 0 Å². The molecule has 1 saturated heterocycles. The minimum Gasteiger partial charge on any atom is -0.373 e. The summed E-state index contributed by atoms with van der Waals surface area (Å²) < 4.78 is 1.02. The van der Waals surface area contributed by atoms with Crippen LogP contribution in [0.5, 0.6) is 0 Å². The predicted molar refractivity (Wildman–Crippen MR) is 121 cm³/mol. The zero-order valence-electron chi connectivity index (χ0n) is 18.2. The first kappa shape index (κ1) is 21.2. The molecule has 8 nitrogen and oxygen atoms in total. The maximum atomic E-state index is 13.4. The Labute approximate surface area is 185 Å². The van der Waals surface area contributed by atoms with E-state index in [-0.39, 0.29) is 17.9 Å². The summed E-state index contributed by atoms with van der Waals surface area (Å²) in [5, 5.41) is 4.05. The number of likely N-dealkylation sites (tertiary alicyclic amines) is 1. The van der Waals surface area contributed by atoms with Crippen LogP contribution in [0, 0.1) is 6.92 Å². The van der Waals surface area contributed by atoms with E-state index in [0.29, 0.717) is 30.3 Å². The predicted octanol–water partition coefficient (Wildman–Crippen LogP) is 3.39. The number of carbonyl (C=O) groups excluding carboxylic acids is 2. The minimum absolute atomic E-state index is 0.0173. The molecule has 3 heterocycles. The highest BCUT2D eigenvalue weighted by Crippen LogP contribution is 2.33. The number of benzene rings is 1. The first-order valence-electron chi connectivity index (χ1n) is 10.3. The lowest BCUT2D eigenvalue weighted by molar-refractivity contribution is -0.128. The lowest BCUT2D eigenvalue weighted by Crippen LogP contribution is -2.32. The monoisotopic (exact) mass is 438 g/mol. The van der Waals surface area contributed by atoms with E-state index in [1.807, 2.05) is 36.1 Å². The molecule has 3 aromatic rings. The van der Waals surface area contributed by atoms with E-state index in [0.717, 1.165) is 33.8 Å². The number of hydrogen-bond acceptors (Lipinski definition) is 7. The number of carbonyl (C=O) groups is 2. The van der Waals surface area contributed by atoms with Crippen molar-refractivity contribution >= 4 is 39.2 Å². The number of thiazole rings is 1. The molecular weight excluding hydrogens is 412 g/mol. The van der Waals surface area contributed by atoms with Crippen LogP contribution < -0.4 is 5.32 Å². The third-order valence-corrected chi connectivity index (χ3v) is 6.48. The molecule has 1 aliphatic heterocycles. The van der Waals surface area contributed by atoms with Crippen molar-refractivity contribution < 1.29 is 9.59 Å². The highest BCUT2D eigenvalue weighted by atomic mass is 32.1. The van der Waals surface area contributed by atoms with Gasteiger partial charge in [0.2, 0.25) is 5.91 Å². The van der Waals surface area contributed by atoms with Crippen molar-refractivity contribution in [2.45, 2.75) is 39.3 Å². The molecular formula is C22H26N6O2S. The van der Waals surface area contributed by atoms with Gasteiger partial charge in [0.05, 0.1) is 33.5 Å². The molecule has 4 rings (SSSR count). The summed E-state index contributed by atoms with van der Waals surface area (Å²) in [7, 11) is 3.54. The van der Waals surface area contributed by atoms with E-state index in [4.69, 9.17) is 4.98 Å². The van der Waals surface area contributed by atoms with Crippen molar-refractivity contribution in [3.8, 4) is 0 Å². The van der Waals surface area contributed by atoms with Crippen molar-refractivity contribution in [2.24, 2.45) is 0 Å². The Kier molecular flexibility index (Phi) is 5.86. The third kappa shape index (κ3) is 4.36. The summed E-state index contributed by atoms with van der Waals surface area (Å²) in [5.74, 6) is 1.24. The number of amides is 2. The van der Waals surface area contributed by atoms with Gasteiger partial charge in [0.1, 0.15) is 5.82 Å². The van der Waals surface area contributed by atoms with E-state index in [1.54, 1.807) is 30.3 Å². The fourth-order valence-corrected chi connectivity index (χ4v) is 4.71. The second-order valence-corrected chi connectivity index (χ2v) is 9.03. The molecule has 0 spiro atoms. The average Bonchev–Trinajstić information content (AvgIpc) is 3.38. The zero-order valence-corrected chi connectivity index (χ0v) is 19.0. The minimum atomic E-state index is -0.193. The highest BCUT2D eigenvalue weighted by Gasteiger charge is 2.33. The molecule has 0 bridgehead atoms. The second kappa shape index (κ2) is 8.58. The van der Waals surface area contributed by atoms with Crippen LogP contribution in [-0.2, 0) is 11.3 Å². The number of nitrogens with one attached hydrogen (secondary N) is 1. The van der Waals surface area contributed by atoms with Gasteiger partial charge in [-0.25, -0.2) is 15.0 Å². The number of nitrogens with zero attached hydrogens (tertiary/aromatic N) is 5. The Morgan fingerprint density at radius 2 is 2.06 bits per heavy atom. The molecule has 1 N–H and O–H groups in total. The molecule has 0 saturated carbocycles. The molecule has 2 aromatic heterocycles. The Balaban J connectivity index is 1.63. The number of aromatic nitrogens is 3. The maximum Gasteiger partial charge on any atom is 0.254 e. The van der Waals surface area contributed by atoms with Crippen molar-refractivity contribution in [3.05, 3.63) is 46.4 Å². The quantitative estimate of drug-likeness (QED) is 0.657. The Morgan fingerprint density at radius 3 is 2.81 bits per heavy atom. The molecule has 1 fully saturated rings. The molecule has 0 aliphatic carbocycles. The number of rotatable bonds is 5. The molecule has 162 valence electrons. The first-order valence-corrected chi connectivity index (χ1v) is 11.1. The SMILES string of the molecule is CNc1cc(CN(C)C(C)=O)nc([C@@H]2CCCN2C(=O)c2ccc3nc(C)sc3c2)n1. The molecule has 9 heteroatoms. The Morgan fingerprint density at radius 1 is 1.26 bits per heavy atom.